The fourth-order valence-electron chi connectivity index (χ4n) is 4.93. The van der Waals surface area contributed by atoms with Crippen LogP contribution in [0.3, 0.4) is 0 Å². The highest BCUT2D eigenvalue weighted by molar-refractivity contribution is 7.22. The van der Waals surface area contributed by atoms with Gasteiger partial charge in [0.05, 0.1) is 15.8 Å². The van der Waals surface area contributed by atoms with Crippen molar-refractivity contribution in [3.8, 4) is 5.75 Å². The Bertz CT molecular complexity index is 1550. The zero-order valence-corrected chi connectivity index (χ0v) is 21.0. The summed E-state index contributed by atoms with van der Waals surface area (Å²) in [5.41, 5.74) is 4.49. The molecule has 2 aliphatic rings. The van der Waals surface area contributed by atoms with Gasteiger partial charge in [-0.2, -0.15) is 0 Å². The summed E-state index contributed by atoms with van der Waals surface area (Å²) in [6.07, 6.45) is 0.786. The minimum atomic E-state index is -0.750. The summed E-state index contributed by atoms with van der Waals surface area (Å²) in [5.74, 6) is -0.793. The van der Waals surface area contributed by atoms with Crippen LogP contribution in [0.15, 0.2) is 53.4 Å². The number of anilines is 1. The molecule has 2 unspecified atom stereocenters. The van der Waals surface area contributed by atoms with Gasteiger partial charge in [-0.3, -0.25) is 14.5 Å². The van der Waals surface area contributed by atoms with Crippen molar-refractivity contribution in [3.63, 3.8) is 0 Å². The molecule has 0 bridgehead atoms. The molecule has 6 rings (SSSR count). The van der Waals surface area contributed by atoms with E-state index in [9.17, 15) is 14.7 Å². The monoisotopic (exact) mass is 502 g/mol. The number of hydrogen-bond donors (Lipinski definition) is 1. The molecule has 2 aromatic heterocycles. The number of rotatable bonds is 3. The third-order valence-corrected chi connectivity index (χ3v) is 8.38. The van der Waals surface area contributed by atoms with Crippen LogP contribution in [0.5, 0.6) is 5.75 Å². The van der Waals surface area contributed by atoms with Crippen molar-refractivity contribution in [1.29, 1.82) is 0 Å². The van der Waals surface area contributed by atoms with Crippen LogP contribution in [0.1, 0.15) is 40.1 Å². The maximum atomic E-state index is 13.4. The smallest absolute Gasteiger partial charge is 0.301 e. The predicted molar refractivity (Wildman–Crippen MR) is 138 cm³/mol. The van der Waals surface area contributed by atoms with E-state index in [1.165, 1.54) is 27.6 Å². The minimum Gasteiger partial charge on any atom is -0.507 e. The number of aliphatic hydroxyl groups excluding tert-OH is 1. The lowest BCUT2D eigenvalue weighted by Gasteiger charge is -2.21. The fourth-order valence-corrected chi connectivity index (χ4v) is 6.92. The number of aromatic nitrogens is 1. The summed E-state index contributed by atoms with van der Waals surface area (Å²) in [6.45, 7) is 6.00. The first-order valence-corrected chi connectivity index (χ1v) is 13.0. The third kappa shape index (κ3) is 3.47. The number of benzene rings is 2. The van der Waals surface area contributed by atoms with Crippen LogP contribution in [-0.2, 0) is 16.0 Å². The van der Waals surface area contributed by atoms with Crippen LogP contribution in [0.25, 0.3) is 16.0 Å². The molecule has 4 heterocycles. The SMILES string of the molecule is Cc1cc(C)c2nc(N3C(=O)C(=O)C(=C(O)c4ccc5c(c4)CC(C)O5)C3c3cccs3)sc2c1. The Hall–Kier alpha value is -3.49. The van der Waals surface area contributed by atoms with Crippen LogP contribution in [-0.4, -0.2) is 27.9 Å². The average molecular weight is 503 g/mol. The number of nitrogens with zero attached hydrogens (tertiary/aromatic N) is 2. The predicted octanol–water partition coefficient (Wildman–Crippen LogP) is 5.92. The lowest BCUT2D eigenvalue weighted by atomic mass is 9.98. The molecule has 1 amide bonds. The van der Waals surface area contributed by atoms with Crippen molar-refractivity contribution >= 4 is 55.5 Å². The van der Waals surface area contributed by atoms with E-state index in [4.69, 9.17) is 9.72 Å². The van der Waals surface area contributed by atoms with E-state index < -0.39 is 17.7 Å². The van der Waals surface area contributed by atoms with Crippen molar-refractivity contribution < 1.29 is 19.4 Å². The van der Waals surface area contributed by atoms with E-state index >= 15 is 0 Å². The van der Waals surface area contributed by atoms with Gasteiger partial charge in [0, 0.05) is 16.9 Å². The summed E-state index contributed by atoms with van der Waals surface area (Å²) in [5, 5.41) is 13.7. The molecule has 8 heteroatoms. The topological polar surface area (TPSA) is 79.7 Å². The molecular weight excluding hydrogens is 480 g/mol. The van der Waals surface area contributed by atoms with Crippen molar-refractivity contribution in [2.24, 2.45) is 0 Å². The Morgan fingerprint density at radius 1 is 1.17 bits per heavy atom. The first-order chi connectivity index (χ1) is 16.8. The first kappa shape index (κ1) is 22.0. The maximum Gasteiger partial charge on any atom is 0.301 e. The Balaban J connectivity index is 1.52. The molecule has 0 saturated carbocycles. The number of thiophene rings is 1. The van der Waals surface area contributed by atoms with E-state index in [0.717, 1.165) is 44.0 Å². The van der Waals surface area contributed by atoms with E-state index in [1.54, 1.807) is 6.07 Å². The highest BCUT2D eigenvalue weighted by Gasteiger charge is 2.48. The van der Waals surface area contributed by atoms with Gasteiger partial charge in [-0.1, -0.05) is 23.5 Å². The number of Topliss-reactive ketones (excluding diaryl/α,β-unsaturated/α-hetero) is 1. The molecule has 1 saturated heterocycles. The van der Waals surface area contributed by atoms with Crippen molar-refractivity contribution in [3.05, 3.63) is 80.5 Å². The summed E-state index contributed by atoms with van der Waals surface area (Å²) in [7, 11) is 0. The molecule has 1 fully saturated rings. The second-order valence-corrected chi connectivity index (χ2v) is 11.1. The van der Waals surface area contributed by atoms with Crippen molar-refractivity contribution in [2.45, 2.75) is 39.3 Å². The Morgan fingerprint density at radius 3 is 2.77 bits per heavy atom. The largest absolute Gasteiger partial charge is 0.507 e. The summed E-state index contributed by atoms with van der Waals surface area (Å²) < 4.78 is 6.73. The number of amides is 1. The van der Waals surface area contributed by atoms with E-state index in [2.05, 4.69) is 6.07 Å². The molecule has 0 aliphatic carbocycles. The van der Waals surface area contributed by atoms with Crippen LogP contribution < -0.4 is 9.64 Å². The average Bonchev–Trinajstić information content (AvgIpc) is 3.59. The van der Waals surface area contributed by atoms with Gasteiger partial charge in [0.25, 0.3) is 5.78 Å². The molecule has 176 valence electrons. The maximum absolute atomic E-state index is 13.4. The second-order valence-electron chi connectivity index (χ2n) is 9.06. The van der Waals surface area contributed by atoms with Crippen LogP contribution in [0.4, 0.5) is 5.13 Å². The number of carbonyl (C=O) groups is 2. The molecule has 0 radical (unpaired) electrons. The number of fused-ring (bicyclic) bond motifs is 2. The summed E-state index contributed by atoms with van der Waals surface area (Å²) >= 11 is 2.82. The molecule has 2 atom stereocenters. The van der Waals surface area contributed by atoms with Gasteiger partial charge in [0.2, 0.25) is 0 Å². The molecule has 2 aliphatic heterocycles. The zero-order chi connectivity index (χ0) is 24.4. The number of hydrogen-bond acceptors (Lipinski definition) is 7. The number of aryl methyl sites for hydroxylation is 2. The number of ketones is 1. The highest BCUT2D eigenvalue weighted by Crippen LogP contribution is 2.46. The van der Waals surface area contributed by atoms with Gasteiger partial charge in [-0.05, 0) is 73.2 Å². The van der Waals surface area contributed by atoms with Crippen LogP contribution >= 0.6 is 22.7 Å². The zero-order valence-electron chi connectivity index (χ0n) is 19.4. The molecule has 2 aromatic carbocycles. The standard InChI is InChI=1S/C27H22N2O4S2/c1-13-9-14(2)22-20(10-13)35-27(28-22)29-23(19-5-4-8-34-19)21(25(31)26(29)32)24(30)16-6-7-18-17(12-16)11-15(3)33-18/h4-10,12,15,23,30H,11H2,1-3H3. The van der Waals surface area contributed by atoms with E-state index in [1.807, 2.05) is 56.5 Å². The molecule has 6 nitrogen and oxygen atoms in total. The van der Waals surface area contributed by atoms with Gasteiger partial charge < -0.3 is 9.84 Å². The first-order valence-electron chi connectivity index (χ1n) is 11.3. The Kier molecular flexibility index (Phi) is 5.05. The molecule has 35 heavy (non-hydrogen) atoms. The third-order valence-electron chi connectivity index (χ3n) is 6.45. The highest BCUT2D eigenvalue weighted by atomic mass is 32.1. The van der Waals surface area contributed by atoms with Gasteiger partial charge in [0.1, 0.15) is 23.7 Å². The quantitative estimate of drug-likeness (QED) is 0.214. The van der Waals surface area contributed by atoms with Gasteiger partial charge in [-0.25, -0.2) is 4.98 Å². The Labute approximate surface area is 210 Å². The molecule has 1 N–H and O–H groups in total. The van der Waals surface area contributed by atoms with Gasteiger partial charge in [-0.15, -0.1) is 11.3 Å². The lowest BCUT2D eigenvalue weighted by Crippen LogP contribution is -2.28. The van der Waals surface area contributed by atoms with Crippen LogP contribution in [0, 0.1) is 13.8 Å². The molecule has 4 aromatic rings. The van der Waals surface area contributed by atoms with Gasteiger partial charge in [0.15, 0.2) is 5.13 Å². The number of carbonyl (C=O) groups excluding carboxylic acids is 2. The minimum absolute atomic E-state index is 0.0604. The number of thiazole rings is 1. The summed E-state index contributed by atoms with van der Waals surface area (Å²) in [6, 6.07) is 12.5. The van der Waals surface area contributed by atoms with Gasteiger partial charge >= 0.3 is 5.91 Å². The van der Waals surface area contributed by atoms with Crippen molar-refractivity contribution in [2.75, 3.05) is 4.90 Å². The normalized spacial score (nSPS) is 21.1. The summed E-state index contributed by atoms with van der Waals surface area (Å²) in [4.78, 5) is 33.8. The van der Waals surface area contributed by atoms with E-state index in [0.29, 0.717) is 10.7 Å². The van der Waals surface area contributed by atoms with Crippen molar-refractivity contribution in [1.82, 2.24) is 4.98 Å². The number of aliphatic hydroxyl groups is 1. The lowest BCUT2D eigenvalue weighted by molar-refractivity contribution is -0.132. The second kappa shape index (κ2) is 8.03. The fraction of sp³-hybridized carbons (Fsp3) is 0.222. The Morgan fingerprint density at radius 2 is 2.00 bits per heavy atom. The molecular formula is C27H22N2O4S2. The molecule has 0 spiro atoms. The van der Waals surface area contributed by atoms with E-state index in [-0.39, 0.29) is 17.4 Å². The van der Waals surface area contributed by atoms with Crippen LogP contribution in [0.2, 0.25) is 0 Å². The number of ether oxygens (including phenoxy) is 1.